The minimum absolute atomic E-state index is 0.158. The lowest BCUT2D eigenvalue weighted by Crippen LogP contribution is -2.62. The van der Waals surface area contributed by atoms with Crippen molar-refractivity contribution in [3.63, 3.8) is 0 Å². The van der Waals surface area contributed by atoms with Crippen LogP contribution in [0.5, 0.6) is 0 Å². The van der Waals surface area contributed by atoms with Crippen molar-refractivity contribution in [3.05, 3.63) is 17.8 Å². The number of amides is 1. The van der Waals surface area contributed by atoms with Crippen LogP contribution in [0.4, 0.5) is 5.82 Å². The Balaban J connectivity index is 1.27. The molecule has 1 aromatic heterocycles. The molecule has 136 valence electrons. The van der Waals surface area contributed by atoms with Crippen LogP contribution in [0.3, 0.4) is 0 Å². The maximum atomic E-state index is 12.2. The van der Waals surface area contributed by atoms with Gasteiger partial charge in [0.15, 0.2) is 5.69 Å². The van der Waals surface area contributed by atoms with Crippen molar-refractivity contribution in [1.29, 1.82) is 0 Å². The molecule has 4 saturated heterocycles. The summed E-state index contributed by atoms with van der Waals surface area (Å²) in [6, 6.07) is 4.27. The Morgan fingerprint density at radius 1 is 1.16 bits per heavy atom. The molecule has 1 unspecified atom stereocenters. The maximum absolute atomic E-state index is 12.2. The van der Waals surface area contributed by atoms with Crippen LogP contribution in [0, 0.1) is 0 Å². The van der Waals surface area contributed by atoms with Crippen molar-refractivity contribution in [2.75, 3.05) is 57.8 Å². The largest absolute Gasteiger partial charge is 0.381 e. The molecule has 1 amide bonds. The van der Waals surface area contributed by atoms with E-state index in [4.69, 9.17) is 4.74 Å². The van der Waals surface area contributed by atoms with Crippen LogP contribution in [-0.2, 0) is 4.74 Å². The van der Waals surface area contributed by atoms with Crippen LogP contribution in [-0.4, -0.2) is 90.5 Å². The molecule has 8 heteroatoms. The van der Waals surface area contributed by atoms with E-state index in [-0.39, 0.29) is 11.9 Å². The predicted molar refractivity (Wildman–Crippen MR) is 93.6 cm³/mol. The summed E-state index contributed by atoms with van der Waals surface area (Å²) in [5.74, 6) is 0.565. The molecule has 2 bridgehead atoms. The van der Waals surface area contributed by atoms with Crippen molar-refractivity contribution >= 4 is 11.7 Å². The van der Waals surface area contributed by atoms with Gasteiger partial charge in [0.25, 0.3) is 5.91 Å². The normalized spacial score (nSPS) is 29.4. The summed E-state index contributed by atoms with van der Waals surface area (Å²) >= 11 is 0. The highest BCUT2D eigenvalue weighted by molar-refractivity contribution is 5.92. The third-order valence-electron chi connectivity index (χ3n) is 5.36. The zero-order valence-electron chi connectivity index (χ0n) is 14.5. The fourth-order valence-electron chi connectivity index (χ4n) is 3.79. The standard InChI is InChI=1S/C17H26N6O2/c24-17(19-13-3-9-25-10-4-13)15-1-2-16(21-20-15)18-11-14-12-22-5-7-23(14)8-6-22/h1-2,13-14H,3-12H2,(H,18,21)(H,19,24). The number of nitrogens with one attached hydrogen (secondary N) is 2. The Bertz CT molecular complexity index is 581. The van der Waals surface area contributed by atoms with Crippen molar-refractivity contribution in [1.82, 2.24) is 25.3 Å². The highest BCUT2D eigenvalue weighted by atomic mass is 16.5. The van der Waals surface area contributed by atoms with E-state index in [2.05, 4.69) is 30.6 Å². The second-order valence-electron chi connectivity index (χ2n) is 7.04. The summed E-state index contributed by atoms with van der Waals surface area (Å²) in [5.41, 5.74) is 0.364. The number of fused-ring (bicyclic) bond motifs is 3. The summed E-state index contributed by atoms with van der Waals surface area (Å²) in [5, 5.41) is 14.6. The van der Waals surface area contributed by atoms with Crippen LogP contribution in [0.25, 0.3) is 0 Å². The van der Waals surface area contributed by atoms with Gasteiger partial charge >= 0.3 is 0 Å². The summed E-state index contributed by atoms with van der Waals surface area (Å²) in [6.45, 7) is 8.07. The minimum atomic E-state index is -0.158. The van der Waals surface area contributed by atoms with Gasteiger partial charge in [-0.3, -0.25) is 14.6 Å². The topological polar surface area (TPSA) is 82.6 Å². The van der Waals surface area contributed by atoms with E-state index in [0.29, 0.717) is 24.9 Å². The second-order valence-corrected chi connectivity index (χ2v) is 7.04. The van der Waals surface area contributed by atoms with Crippen molar-refractivity contribution in [2.24, 2.45) is 0 Å². The van der Waals surface area contributed by atoms with Gasteiger partial charge < -0.3 is 15.4 Å². The predicted octanol–water partition coefficient (Wildman–Crippen LogP) is -0.203. The molecule has 4 fully saturated rings. The average Bonchev–Trinajstić information content (AvgIpc) is 2.68. The van der Waals surface area contributed by atoms with Gasteiger partial charge in [0.1, 0.15) is 5.82 Å². The first-order valence-electron chi connectivity index (χ1n) is 9.20. The van der Waals surface area contributed by atoms with Gasteiger partial charge in [-0.1, -0.05) is 0 Å². The number of nitrogens with zero attached hydrogens (tertiary/aromatic N) is 4. The van der Waals surface area contributed by atoms with Gasteiger partial charge in [-0.15, -0.1) is 10.2 Å². The molecule has 0 aromatic carbocycles. The number of piperazine rings is 3. The Hall–Kier alpha value is -1.77. The number of anilines is 1. The zero-order chi connectivity index (χ0) is 17.1. The van der Waals surface area contributed by atoms with E-state index in [1.54, 1.807) is 6.07 Å². The number of carbonyl (C=O) groups excluding carboxylic acids is 1. The van der Waals surface area contributed by atoms with Crippen LogP contribution in [0.1, 0.15) is 23.3 Å². The molecule has 5 rings (SSSR count). The molecule has 0 spiro atoms. The average molecular weight is 346 g/mol. The van der Waals surface area contributed by atoms with Gasteiger partial charge in [0.2, 0.25) is 0 Å². The molecule has 25 heavy (non-hydrogen) atoms. The Morgan fingerprint density at radius 2 is 1.96 bits per heavy atom. The molecule has 0 saturated carbocycles. The Kier molecular flexibility index (Phi) is 5.09. The minimum Gasteiger partial charge on any atom is -0.381 e. The molecule has 0 radical (unpaired) electrons. The SMILES string of the molecule is O=C(NC1CCOCC1)c1ccc(NCC2CN3CCN2CC3)nn1. The highest BCUT2D eigenvalue weighted by Crippen LogP contribution is 2.16. The van der Waals surface area contributed by atoms with Gasteiger partial charge in [-0.25, -0.2) is 0 Å². The van der Waals surface area contributed by atoms with E-state index in [1.807, 2.05) is 6.07 Å². The van der Waals surface area contributed by atoms with Crippen LogP contribution < -0.4 is 10.6 Å². The summed E-state index contributed by atoms with van der Waals surface area (Å²) in [4.78, 5) is 17.3. The molecular weight excluding hydrogens is 320 g/mol. The molecular formula is C17H26N6O2. The van der Waals surface area contributed by atoms with Crippen molar-refractivity contribution in [3.8, 4) is 0 Å². The third-order valence-corrected chi connectivity index (χ3v) is 5.36. The number of ether oxygens (including phenoxy) is 1. The monoisotopic (exact) mass is 346 g/mol. The van der Waals surface area contributed by atoms with Crippen molar-refractivity contribution in [2.45, 2.75) is 24.9 Å². The van der Waals surface area contributed by atoms with Gasteiger partial charge in [-0.2, -0.15) is 0 Å². The lowest BCUT2D eigenvalue weighted by Gasteiger charge is -2.47. The summed E-state index contributed by atoms with van der Waals surface area (Å²) in [6.07, 6.45) is 1.71. The highest BCUT2D eigenvalue weighted by Gasteiger charge is 2.31. The first kappa shape index (κ1) is 16.7. The number of carbonyl (C=O) groups is 1. The second kappa shape index (κ2) is 7.63. The first-order chi connectivity index (χ1) is 12.3. The van der Waals surface area contributed by atoms with Gasteiger partial charge in [0.05, 0.1) is 0 Å². The smallest absolute Gasteiger partial charge is 0.272 e. The maximum Gasteiger partial charge on any atom is 0.272 e. The number of aromatic nitrogens is 2. The molecule has 8 nitrogen and oxygen atoms in total. The fraction of sp³-hybridized carbons (Fsp3) is 0.706. The molecule has 4 aliphatic heterocycles. The van der Waals surface area contributed by atoms with E-state index < -0.39 is 0 Å². The van der Waals surface area contributed by atoms with Gasteiger partial charge in [0, 0.05) is 64.6 Å². The van der Waals surface area contributed by atoms with E-state index in [1.165, 1.54) is 13.1 Å². The molecule has 1 aromatic rings. The van der Waals surface area contributed by atoms with Crippen LogP contribution in [0.2, 0.25) is 0 Å². The quantitative estimate of drug-likeness (QED) is 0.764. The number of hydrogen-bond donors (Lipinski definition) is 2. The molecule has 2 N–H and O–H groups in total. The fourth-order valence-corrected chi connectivity index (χ4v) is 3.79. The Labute approximate surface area is 147 Å². The number of rotatable bonds is 5. The van der Waals surface area contributed by atoms with E-state index in [9.17, 15) is 4.79 Å². The summed E-state index contributed by atoms with van der Waals surface area (Å²) in [7, 11) is 0. The van der Waals surface area contributed by atoms with E-state index in [0.717, 1.165) is 44.8 Å². The van der Waals surface area contributed by atoms with Crippen molar-refractivity contribution < 1.29 is 9.53 Å². The summed E-state index contributed by atoms with van der Waals surface area (Å²) < 4.78 is 5.30. The lowest BCUT2D eigenvalue weighted by molar-refractivity contribution is 0.0189. The van der Waals surface area contributed by atoms with Gasteiger partial charge in [-0.05, 0) is 25.0 Å². The molecule has 5 heterocycles. The molecule has 1 atom stereocenters. The van der Waals surface area contributed by atoms with Crippen LogP contribution >= 0.6 is 0 Å². The lowest BCUT2D eigenvalue weighted by atomic mass is 10.1. The molecule has 4 aliphatic rings. The first-order valence-corrected chi connectivity index (χ1v) is 9.20. The van der Waals surface area contributed by atoms with E-state index >= 15 is 0 Å². The Morgan fingerprint density at radius 3 is 2.60 bits per heavy atom. The number of hydrogen-bond acceptors (Lipinski definition) is 7. The zero-order valence-corrected chi connectivity index (χ0v) is 14.5. The molecule has 0 aliphatic carbocycles. The third kappa shape index (κ3) is 4.08. The van der Waals surface area contributed by atoms with Crippen LogP contribution in [0.15, 0.2) is 12.1 Å².